The number of pyridine rings is 1. The maximum Gasteiger partial charge on any atom is 0.358 e. The van der Waals surface area contributed by atoms with Crippen LogP contribution in [0.2, 0.25) is 0 Å². The number of hydrogen-bond donors (Lipinski definition) is 1. The number of carbonyl (C=O) groups excluding carboxylic acids is 1. The fraction of sp³-hybridized carbons (Fsp3) is 0.500. The van der Waals surface area contributed by atoms with Gasteiger partial charge in [0.25, 0.3) is 0 Å². The lowest BCUT2D eigenvalue weighted by molar-refractivity contribution is 0.00638. The topological polar surface area (TPSA) is 90.6 Å². The molecular formula is C18H26N4O3S. The standard InChI is InChI=1S/C18H26N4O3S/c1-18(2,3)25-17(23)14-12-26-16(21-14)13-5-7-20-15(11-13)22(4)8-10-24-9-6-19/h5,7,11-12H,6,8-10,19H2,1-4H3. The third kappa shape index (κ3) is 6.05. The third-order valence-electron chi connectivity index (χ3n) is 3.33. The van der Waals surface area contributed by atoms with E-state index in [4.69, 9.17) is 15.2 Å². The molecule has 0 unspecified atom stereocenters. The van der Waals surface area contributed by atoms with E-state index in [-0.39, 0.29) is 0 Å². The smallest absolute Gasteiger partial charge is 0.358 e. The molecule has 0 bridgehead atoms. The van der Waals surface area contributed by atoms with Crippen molar-refractivity contribution in [2.45, 2.75) is 26.4 Å². The molecule has 0 saturated carbocycles. The first-order valence-corrected chi connectivity index (χ1v) is 9.32. The third-order valence-corrected chi connectivity index (χ3v) is 4.22. The van der Waals surface area contributed by atoms with E-state index in [0.717, 1.165) is 16.4 Å². The van der Waals surface area contributed by atoms with Crippen molar-refractivity contribution in [3.63, 3.8) is 0 Å². The monoisotopic (exact) mass is 378 g/mol. The van der Waals surface area contributed by atoms with Gasteiger partial charge in [-0.3, -0.25) is 0 Å². The molecule has 7 nitrogen and oxygen atoms in total. The van der Waals surface area contributed by atoms with E-state index < -0.39 is 11.6 Å². The molecule has 0 amide bonds. The Balaban J connectivity index is 2.07. The molecule has 0 saturated heterocycles. The van der Waals surface area contributed by atoms with Crippen LogP contribution in [-0.4, -0.2) is 54.9 Å². The van der Waals surface area contributed by atoms with Crippen LogP contribution in [-0.2, 0) is 9.47 Å². The Morgan fingerprint density at radius 1 is 1.35 bits per heavy atom. The van der Waals surface area contributed by atoms with Gasteiger partial charge in [-0.15, -0.1) is 11.3 Å². The van der Waals surface area contributed by atoms with Crippen molar-refractivity contribution in [1.82, 2.24) is 9.97 Å². The number of anilines is 1. The van der Waals surface area contributed by atoms with Gasteiger partial charge in [0.1, 0.15) is 16.4 Å². The predicted octanol–water partition coefficient (Wildman–Crippen LogP) is 2.57. The van der Waals surface area contributed by atoms with Crippen molar-refractivity contribution in [2.75, 3.05) is 38.3 Å². The number of esters is 1. The second-order valence-electron chi connectivity index (χ2n) is 6.77. The first-order valence-electron chi connectivity index (χ1n) is 8.44. The molecule has 142 valence electrons. The number of likely N-dealkylation sites (N-methyl/N-ethyl adjacent to an activating group) is 1. The Morgan fingerprint density at radius 3 is 2.81 bits per heavy atom. The molecule has 0 spiro atoms. The second kappa shape index (κ2) is 9.07. The number of ether oxygens (including phenoxy) is 2. The number of nitrogens with zero attached hydrogens (tertiary/aromatic N) is 3. The van der Waals surface area contributed by atoms with Crippen molar-refractivity contribution in [2.24, 2.45) is 5.73 Å². The maximum absolute atomic E-state index is 12.1. The fourth-order valence-corrected chi connectivity index (χ4v) is 2.88. The van der Waals surface area contributed by atoms with Crippen LogP contribution in [0.5, 0.6) is 0 Å². The lowest BCUT2D eigenvalue weighted by Gasteiger charge is -2.18. The quantitative estimate of drug-likeness (QED) is 0.557. The highest BCUT2D eigenvalue weighted by molar-refractivity contribution is 7.13. The average molecular weight is 378 g/mol. The Morgan fingerprint density at radius 2 is 2.12 bits per heavy atom. The summed E-state index contributed by atoms with van der Waals surface area (Å²) in [5.74, 6) is 0.399. The Labute approximate surface area is 158 Å². The lowest BCUT2D eigenvalue weighted by Crippen LogP contribution is -2.24. The second-order valence-corrected chi connectivity index (χ2v) is 7.62. The van der Waals surface area contributed by atoms with Crippen LogP contribution in [0, 0.1) is 0 Å². The van der Waals surface area contributed by atoms with Crippen molar-refractivity contribution in [3.8, 4) is 10.6 Å². The van der Waals surface area contributed by atoms with Gasteiger partial charge in [-0.1, -0.05) is 0 Å². The number of thiazole rings is 1. The molecule has 2 aromatic heterocycles. The van der Waals surface area contributed by atoms with Gasteiger partial charge in [-0.25, -0.2) is 14.8 Å². The summed E-state index contributed by atoms with van der Waals surface area (Å²) in [4.78, 5) is 22.9. The molecule has 2 aromatic rings. The molecular weight excluding hydrogens is 352 g/mol. The minimum absolute atomic E-state index is 0.321. The zero-order valence-electron chi connectivity index (χ0n) is 15.7. The maximum atomic E-state index is 12.1. The van der Waals surface area contributed by atoms with E-state index in [1.54, 1.807) is 11.6 Å². The van der Waals surface area contributed by atoms with Crippen LogP contribution in [0.25, 0.3) is 10.6 Å². The lowest BCUT2D eigenvalue weighted by atomic mass is 10.2. The Bertz CT molecular complexity index is 727. The van der Waals surface area contributed by atoms with Crippen molar-refractivity contribution < 1.29 is 14.3 Å². The minimum atomic E-state index is -0.542. The number of rotatable bonds is 8. The van der Waals surface area contributed by atoms with Crippen LogP contribution in [0.15, 0.2) is 23.7 Å². The molecule has 0 aliphatic carbocycles. The van der Waals surface area contributed by atoms with E-state index in [1.807, 2.05) is 44.9 Å². The number of aromatic nitrogens is 2. The summed E-state index contributed by atoms with van der Waals surface area (Å²) in [5.41, 5.74) is 6.09. The molecule has 2 rings (SSSR count). The molecule has 0 fully saturated rings. The molecule has 2 N–H and O–H groups in total. The molecule has 26 heavy (non-hydrogen) atoms. The van der Waals surface area contributed by atoms with Crippen molar-refractivity contribution in [3.05, 3.63) is 29.4 Å². The van der Waals surface area contributed by atoms with Crippen LogP contribution in [0.3, 0.4) is 0 Å². The zero-order chi connectivity index (χ0) is 19.2. The molecule has 0 aliphatic rings. The highest BCUT2D eigenvalue weighted by Crippen LogP contribution is 2.26. The first-order chi connectivity index (χ1) is 12.3. The van der Waals surface area contributed by atoms with Crippen molar-refractivity contribution >= 4 is 23.1 Å². The summed E-state index contributed by atoms with van der Waals surface area (Å²) < 4.78 is 10.8. The summed E-state index contributed by atoms with van der Waals surface area (Å²) in [6.45, 7) is 7.85. The van der Waals surface area contributed by atoms with Crippen LogP contribution in [0.1, 0.15) is 31.3 Å². The van der Waals surface area contributed by atoms with Gasteiger partial charge in [-0.05, 0) is 32.9 Å². The van der Waals surface area contributed by atoms with Gasteiger partial charge < -0.3 is 20.1 Å². The van der Waals surface area contributed by atoms with Gasteiger partial charge in [-0.2, -0.15) is 0 Å². The van der Waals surface area contributed by atoms with Gasteiger partial charge in [0, 0.05) is 37.3 Å². The average Bonchev–Trinajstić information content (AvgIpc) is 3.07. The molecule has 0 aromatic carbocycles. The molecule has 2 heterocycles. The SMILES string of the molecule is CN(CCOCCN)c1cc(-c2nc(C(=O)OC(C)(C)C)cs2)ccn1. The summed E-state index contributed by atoms with van der Waals surface area (Å²) in [7, 11) is 1.95. The summed E-state index contributed by atoms with van der Waals surface area (Å²) >= 11 is 1.41. The number of nitrogens with two attached hydrogens (primary N) is 1. The molecule has 0 aliphatic heterocycles. The van der Waals surface area contributed by atoms with Crippen LogP contribution >= 0.6 is 11.3 Å². The molecule has 8 heteroatoms. The first kappa shape index (κ1) is 20.3. The van der Waals surface area contributed by atoms with Gasteiger partial charge >= 0.3 is 5.97 Å². The van der Waals surface area contributed by atoms with Crippen LogP contribution < -0.4 is 10.6 Å². The highest BCUT2D eigenvalue weighted by atomic mass is 32.1. The Kier molecular flexibility index (Phi) is 7.07. The number of hydrogen-bond acceptors (Lipinski definition) is 8. The van der Waals surface area contributed by atoms with Crippen molar-refractivity contribution in [1.29, 1.82) is 0 Å². The van der Waals surface area contributed by atoms with Gasteiger partial charge in [0.2, 0.25) is 0 Å². The van der Waals surface area contributed by atoms with Gasteiger partial charge in [0.15, 0.2) is 5.69 Å². The summed E-state index contributed by atoms with van der Waals surface area (Å²) in [6, 6.07) is 3.82. The zero-order valence-corrected chi connectivity index (χ0v) is 16.5. The summed E-state index contributed by atoms with van der Waals surface area (Å²) in [6.07, 6.45) is 1.73. The normalized spacial score (nSPS) is 11.4. The van der Waals surface area contributed by atoms with Crippen LogP contribution in [0.4, 0.5) is 5.82 Å². The fourth-order valence-electron chi connectivity index (χ4n) is 2.09. The number of carbonyl (C=O) groups is 1. The predicted molar refractivity (Wildman–Crippen MR) is 104 cm³/mol. The molecule has 0 atom stereocenters. The Hall–Kier alpha value is -2.03. The van der Waals surface area contributed by atoms with E-state index >= 15 is 0 Å². The minimum Gasteiger partial charge on any atom is -0.455 e. The van der Waals surface area contributed by atoms with E-state index in [2.05, 4.69) is 9.97 Å². The van der Waals surface area contributed by atoms with E-state index in [1.165, 1.54) is 11.3 Å². The molecule has 0 radical (unpaired) electrons. The van der Waals surface area contributed by atoms with Gasteiger partial charge in [0.05, 0.1) is 13.2 Å². The largest absolute Gasteiger partial charge is 0.455 e. The highest BCUT2D eigenvalue weighted by Gasteiger charge is 2.20. The van der Waals surface area contributed by atoms with E-state index in [0.29, 0.717) is 32.0 Å². The van der Waals surface area contributed by atoms with E-state index in [9.17, 15) is 4.79 Å². The summed E-state index contributed by atoms with van der Waals surface area (Å²) in [5, 5.41) is 2.47.